The Balaban J connectivity index is 1.66. The molecule has 1 aromatic heterocycles. The Bertz CT molecular complexity index is 729. The van der Waals surface area contributed by atoms with Crippen LogP contribution in [-0.2, 0) is 5.41 Å². The van der Waals surface area contributed by atoms with E-state index in [9.17, 15) is 0 Å². The van der Waals surface area contributed by atoms with Gasteiger partial charge in [-0.2, -0.15) is 0 Å². The zero-order valence-corrected chi connectivity index (χ0v) is 12.9. The van der Waals surface area contributed by atoms with Gasteiger partial charge in [-0.15, -0.1) is 0 Å². The van der Waals surface area contributed by atoms with Gasteiger partial charge < -0.3 is 11.5 Å². The van der Waals surface area contributed by atoms with Crippen LogP contribution >= 0.6 is 0 Å². The first-order valence-corrected chi connectivity index (χ1v) is 8.57. The lowest BCUT2D eigenvalue weighted by atomic mass is 9.48. The molecule has 4 bridgehead atoms. The van der Waals surface area contributed by atoms with E-state index in [0.29, 0.717) is 5.41 Å². The number of nitrogens with zero attached hydrogens (tertiary/aromatic N) is 1. The molecule has 4 aliphatic rings. The van der Waals surface area contributed by atoms with E-state index in [0.717, 1.165) is 40.0 Å². The second kappa shape index (κ2) is 4.15. The Morgan fingerprint density at radius 1 is 0.909 bits per heavy atom. The Kier molecular flexibility index (Phi) is 2.41. The smallest absolute Gasteiger partial charge is 0.0727 e. The standard InChI is InChI=1S/C19H23N3/c20-14-1-2-17-15(6-14)16(21)7-18(22-17)19-8-11-3-12(9-19)5-13(4-11)10-19/h1-2,6-7,11-13H,3-5,8-10,20H2,(H2,21,22). The number of pyridine rings is 1. The summed E-state index contributed by atoms with van der Waals surface area (Å²) in [6.07, 6.45) is 8.35. The number of fused-ring (bicyclic) bond motifs is 1. The lowest BCUT2D eigenvalue weighted by Crippen LogP contribution is -2.49. The molecule has 1 aromatic carbocycles. The predicted molar refractivity (Wildman–Crippen MR) is 90.4 cm³/mol. The van der Waals surface area contributed by atoms with Crippen LogP contribution in [0.4, 0.5) is 11.4 Å². The van der Waals surface area contributed by atoms with Gasteiger partial charge in [-0.25, -0.2) is 0 Å². The van der Waals surface area contributed by atoms with E-state index in [1.165, 1.54) is 44.2 Å². The normalized spacial score (nSPS) is 36.1. The van der Waals surface area contributed by atoms with Gasteiger partial charge in [-0.05, 0) is 80.5 Å². The summed E-state index contributed by atoms with van der Waals surface area (Å²) in [5.74, 6) is 2.78. The fraction of sp³-hybridized carbons (Fsp3) is 0.526. The molecule has 2 aromatic rings. The highest BCUT2D eigenvalue weighted by Gasteiger charge is 2.52. The fourth-order valence-corrected chi connectivity index (χ4v) is 5.97. The third-order valence-corrected chi connectivity index (χ3v) is 6.45. The molecule has 0 unspecified atom stereocenters. The van der Waals surface area contributed by atoms with Crippen LogP contribution < -0.4 is 11.5 Å². The quantitative estimate of drug-likeness (QED) is 0.784. The van der Waals surface area contributed by atoms with Crippen molar-refractivity contribution in [3.8, 4) is 0 Å². The van der Waals surface area contributed by atoms with Crippen molar-refractivity contribution in [3.63, 3.8) is 0 Å². The Morgan fingerprint density at radius 3 is 2.18 bits per heavy atom. The third-order valence-electron chi connectivity index (χ3n) is 6.45. The Hall–Kier alpha value is -1.77. The number of rotatable bonds is 1. The van der Waals surface area contributed by atoms with E-state index in [2.05, 4.69) is 6.07 Å². The van der Waals surface area contributed by atoms with Gasteiger partial charge in [0.25, 0.3) is 0 Å². The molecule has 0 radical (unpaired) electrons. The molecular weight excluding hydrogens is 270 g/mol. The van der Waals surface area contributed by atoms with Gasteiger partial charge in [-0.1, -0.05) is 0 Å². The predicted octanol–water partition coefficient (Wildman–Crippen LogP) is 3.87. The molecule has 4 saturated carbocycles. The molecular formula is C19H23N3. The second-order valence-corrected chi connectivity index (χ2v) is 8.07. The molecule has 4 aliphatic carbocycles. The molecule has 22 heavy (non-hydrogen) atoms. The van der Waals surface area contributed by atoms with Gasteiger partial charge >= 0.3 is 0 Å². The van der Waals surface area contributed by atoms with Gasteiger partial charge in [0.2, 0.25) is 0 Å². The number of hydrogen-bond acceptors (Lipinski definition) is 3. The lowest BCUT2D eigenvalue weighted by molar-refractivity contribution is -0.00703. The zero-order chi connectivity index (χ0) is 14.9. The average Bonchev–Trinajstić information content (AvgIpc) is 2.46. The van der Waals surface area contributed by atoms with Crippen molar-refractivity contribution < 1.29 is 0 Å². The van der Waals surface area contributed by atoms with Gasteiger partial charge in [0.1, 0.15) is 0 Å². The van der Waals surface area contributed by atoms with Gasteiger partial charge in [0, 0.05) is 27.9 Å². The summed E-state index contributed by atoms with van der Waals surface area (Å²) in [7, 11) is 0. The monoisotopic (exact) mass is 293 g/mol. The average molecular weight is 293 g/mol. The van der Waals surface area contributed by atoms with Crippen LogP contribution in [0, 0.1) is 17.8 Å². The number of nitrogens with two attached hydrogens (primary N) is 2. The van der Waals surface area contributed by atoms with Crippen LogP contribution in [0.1, 0.15) is 44.2 Å². The summed E-state index contributed by atoms with van der Waals surface area (Å²) >= 11 is 0. The molecule has 1 heterocycles. The van der Waals surface area contributed by atoms with Gasteiger partial charge in [-0.3, -0.25) is 4.98 Å². The molecule has 3 nitrogen and oxygen atoms in total. The highest BCUT2D eigenvalue weighted by Crippen LogP contribution is 2.60. The molecule has 0 spiro atoms. The van der Waals surface area contributed by atoms with Crippen molar-refractivity contribution in [1.82, 2.24) is 4.98 Å². The number of nitrogen functional groups attached to an aromatic ring is 2. The maximum atomic E-state index is 6.35. The van der Waals surface area contributed by atoms with Crippen molar-refractivity contribution in [2.75, 3.05) is 11.5 Å². The van der Waals surface area contributed by atoms with Crippen molar-refractivity contribution in [3.05, 3.63) is 30.0 Å². The minimum atomic E-state index is 0.304. The van der Waals surface area contributed by atoms with Crippen molar-refractivity contribution in [1.29, 1.82) is 0 Å². The number of benzene rings is 1. The summed E-state index contributed by atoms with van der Waals surface area (Å²) in [6.45, 7) is 0. The molecule has 114 valence electrons. The van der Waals surface area contributed by atoms with Crippen LogP contribution in [0.3, 0.4) is 0 Å². The van der Waals surface area contributed by atoms with Crippen LogP contribution in [0.2, 0.25) is 0 Å². The maximum Gasteiger partial charge on any atom is 0.0727 e. The second-order valence-electron chi connectivity index (χ2n) is 8.07. The Morgan fingerprint density at radius 2 is 1.55 bits per heavy atom. The van der Waals surface area contributed by atoms with E-state index in [1.54, 1.807) is 0 Å². The fourth-order valence-electron chi connectivity index (χ4n) is 5.97. The Labute approximate surface area is 131 Å². The molecule has 0 aliphatic heterocycles. The largest absolute Gasteiger partial charge is 0.399 e. The lowest BCUT2D eigenvalue weighted by Gasteiger charge is -2.56. The molecule has 0 saturated heterocycles. The SMILES string of the molecule is Nc1ccc2nc(C34CC5CC(CC(C5)C3)C4)cc(N)c2c1. The van der Waals surface area contributed by atoms with Crippen LogP contribution in [0.5, 0.6) is 0 Å². The van der Waals surface area contributed by atoms with Crippen molar-refractivity contribution in [2.24, 2.45) is 17.8 Å². The van der Waals surface area contributed by atoms with E-state index >= 15 is 0 Å². The highest BCUT2D eigenvalue weighted by molar-refractivity contribution is 5.92. The summed E-state index contributed by atoms with van der Waals surface area (Å²) in [4.78, 5) is 5.03. The number of hydrogen-bond donors (Lipinski definition) is 2. The first-order chi connectivity index (χ1) is 10.6. The molecule has 3 heteroatoms. The highest BCUT2D eigenvalue weighted by atomic mass is 14.8. The summed E-state index contributed by atoms with van der Waals surface area (Å²) in [5.41, 5.74) is 16.4. The molecule has 0 amide bonds. The first-order valence-electron chi connectivity index (χ1n) is 8.57. The zero-order valence-electron chi connectivity index (χ0n) is 12.9. The molecule has 6 rings (SSSR count). The van der Waals surface area contributed by atoms with Crippen LogP contribution in [0.25, 0.3) is 10.9 Å². The van der Waals surface area contributed by atoms with Gasteiger partial charge in [0.05, 0.1) is 5.52 Å². The van der Waals surface area contributed by atoms with Crippen molar-refractivity contribution >= 4 is 22.3 Å². The summed E-state index contributed by atoms with van der Waals surface area (Å²) in [6, 6.07) is 8.04. The van der Waals surface area contributed by atoms with E-state index in [4.69, 9.17) is 16.5 Å². The first kappa shape index (κ1) is 12.7. The molecule has 4 fully saturated rings. The molecule has 0 atom stereocenters. The van der Waals surface area contributed by atoms with Crippen LogP contribution in [-0.4, -0.2) is 4.98 Å². The summed E-state index contributed by atoms with van der Waals surface area (Å²) < 4.78 is 0. The maximum absolute atomic E-state index is 6.35. The third kappa shape index (κ3) is 1.71. The number of aromatic nitrogens is 1. The minimum Gasteiger partial charge on any atom is -0.399 e. The topological polar surface area (TPSA) is 64.9 Å². The molecule has 4 N–H and O–H groups in total. The number of anilines is 2. The van der Waals surface area contributed by atoms with E-state index < -0.39 is 0 Å². The van der Waals surface area contributed by atoms with Crippen LogP contribution in [0.15, 0.2) is 24.3 Å². The van der Waals surface area contributed by atoms with E-state index in [-0.39, 0.29) is 0 Å². The van der Waals surface area contributed by atoms with E-state index in [1.807, 2.05) is 18.2 Å². The van der Waals surface area contributed by atoms with Crippen molar-refractivity contribution in [2.45, 2.75) is 43.9 Å². The summed E-state index contributed by atoms with van der Waals surface area (Å²) in [5, 5.41) is 0.994. The minimum absolute atomic E-state index is 0.304. The van der Waals surface area contributed by atoms with Gasteiger partial charge in [0.15, 0.2) is 0 Å².